The minimum Gasteiger partial charge on any atom is -0.495 e. The minimum atomic E-state index is -3.82. The maximum Gasteiger partial charge on any atom is 0.244 e. The molecule has 9 heteroatoms. The van der Waals surface area contributed by atoms with Crippen LogP contribution in [-0.2, 0) is 26.2 Å². The molecule has 0 heterocycles. The Kier molecular flexibility index (Phi) is 10.6. The van der Waals surface area contributed by atoms with E-state index in [2.05, 4.69) is 5.32 Å². The van der Waals surface area contributed by atoms with Gasteiger partial charge in [0.15, 0.2) is 0 Å². The Hall–Kier alpha value is -3.07. The van der Waals surface area contributed by atoms with Crippen LogP contribution in [0.3, 0.4) is 0 Å². The molecule has 0 aliphatic carbocycles. The second kappa shape index (κ2) is 13.1. The van der Waals surface area contributed by atoms with Crippen LogP contribution in [0.1, 0.15) is 44.2 Å². The Morgan fingerprint density at radius 3 is 2.29 bits per heavy atom. The number of sulfonamides is 1. The van der Waals surface area contributed by atoms with Crippen LogP contribution < -0.4 is 14.4 Å². The number of ether oxygens (including phenoxy) is 1. The number of nitrogens with one attached hydrogen (secondary N) is 1. The van der Waals surface area contributed by atoms with Gasteiger partial charge in [-0.25, -0.2) is 8.42 Å². The van der Waals surface area contributed by atoms with Gasteiger partial charge in [-0.1, -0.05) is 62.2 Å². The molecule has 0 saturated heterocycles. The Labute approximate surface area is 209 Å². The lowest BCUT2D eigenvalue weighted by molar-refractivity contribution is -0.140. The van der Waals surface area contributed by atoms with E-state index >= 15 is 0 Å². The van der Waals surface area contributed by atoms with E-state index in [1.54, 1.807) is 24.3 Å². The lowest BCUT2D eigenvalue weighted by atomic mass is 10.1. The zero-order valence-corrected chi connectivity index (χ0v) is 22.1. The predicted octanol–water partition coefficient (Wildman–Crippen LogP) is 3.49. The van der Waals surface area contributed by atoms with Crippen molar-refractivity contribution in [3.63, 3.8) is 0 Å². The van der Waals surface area contributed by atoms with Gasteiger partial charge in [-0.2, -0.15) is 0 Å². The third-order valence-corrected chi connectivity index (χ3v) is 6.85. The van der Waals surface area contributed by atoms with Gasteiger partial charge in [-0.3, -0.25) is 13.9 Å². The molecule has 1 N–H and O–H groups in total. The molecule has 0 radical (unpaired) electrons. The molecule has 1 unspecified atom stereocenters. The van der Waals surface area contributed by atoms with Gasteiger partial charge in [-0.05, 0) is 37.5 Å². The number of nitrogens with zero attached hydrogens (tertiary/aromatic N) is 2. The van der Waals surface area contributed by atoms with Crippen LogP contribution in [0.4, 0.5) is 5.69 Å². The predicted molar refractivity (Wildman–Crippen MR) is 139 cm³/mol. The summed E-state index contributed by atoms with van der Waals surface area (Å²) in [4.78, 5) is 28.2. The molecule has 2 aromatic rings. The molecule has 0 aliphatic rings. The van der Waals surface area contributed by atoms with Crippen LogP contribution in [0, 0.1) is 6.92 Å². The number of rotatable bonds is 13. The van der Waals surface area contributed by atoms with Crippen LogP contribution in [0.25, 0.3) is 0 Å². The molecule has 192 valence electrons. The summed E-state index contributed by atoms with van der Waals surface area (Å²) in [5, 5.41) is 2.91. The van der Waals surface area contributed by atoms with E-state index in [0.717, 1.165) is 34.5 Å². The third kappa shape index (κ3) is 7.99. The van der Waals surface area contributed by atoms with E-state index in [0.29, 0.717) is 18.7 Å². The standard InChI is InChI=1S/C26H37N3O5S/c1-6-8-17-27-26(31)22(7-2)28(18-21-15-13-20(3)14-16-21)25(30)19-29(35(5,32)33)23-11-9-10-12-24(23)34-4/h9-16,22H,6-8,17-19H2,1-5H3,(H,27,31). The van der Waals surface area contributed by atoms with Gasteiger partial charge in [0.1, 0.15) is 18.3 Å². The van der Waals surface area contributed by atoms with Crippen LogP contribution in [0.2, 0.25) is 0 Å². The van der Waals surface area contributed by atoms with Crippen molar-refractivity contribution in [2.75, 3.05) is 30.8 Å². The number of benzene rings is 2. The van der Waals surface area contributed by atoms with Crippen molar-refractivity contribution >= 4 is 27.5 Å². The lowest BCUT2D eigenvalue weighted by Crippen LogP contribution is -2.52. The molecule has 2 aromatic carbocycles. The molecule has 2 amide bonds. The maximum atomic E-state index is 13.7. The number of anilines is 1. The summed E-state index contributed by atoms with van der Waals surface area (Å²) >= 11 is 0. The summed E-state index contributed by atoms with van der Waals surface area (Å²) in [6.45, 7) is 6.10. The molecule has 35 heavy (non-hydrogen) atoms. The molecule has 1 atom stereocenters. The van der Waals surface area contributed by atoms with E-state index in [-0.39, 0.29) is 18.1 Å². The molecule has 8 nitrogen and oxygen atoms in total. The molecule has 0 bridgehead atoms. The largest absolute Gasteiger partial charge is 0.495 e. The topological polar surface area (TPSA) is 96.0 Å². The van der Waals surface area contributed by atoms with Gasteiger partial charge in [0.05, 0.1) is 19.1 Å². The van der Waals surface area contributed by atoms with Gasteiger partial charge < -0.3 is 15.0 Å². The second-order valence-electron chi connectivity index (χ2n) is 8.52. The van der Waals surface area contributed by atoms with Gasteiger partial charge in [0.2, 0.25) is 21.8 Å². The van der Waals surface area contributed by atoms with Crippen molar-refractivity contribution in [1.82, 2.24) is 10.2 Å². The number of carbonyl (C=O) groups excluding carboxylic acids is 2. The fourth-order valence-corrected chi connectivity index (χ4v) is 4.60. The SMILES string of the molecule is CCCCNC(=O)C(CC)N(Cc1ccc(C)cc1)C(=O)CN(c1ccccc1OC)S(C)(=O)=O. The first-order chi connectivity index (χ1) is 16.6. The number of aryl methyl sites for hydroxylation is 1. The van der Waals surface area contributed by atoms with E-state index in [9.17, 15) is 18.0 Å². The first-order valence-corrected chi connectivity index (χ1v) is 13.7. The first kappa shape index (κ1) is 28.2. The summed E-state index contributed by atoms with van der Waals surface area (Å²) < 4.78 is 31.8. The molecule has 0 spiro atoms. The second-order valence-corrected chi connectivity index (χ2v) is 10.4. The van der Waals surface area contributed by atoms with Gasteiger partial charge in [-0.15, -0.1) is 0 Å². The first-order valence-electron chi connectivity index (χ1n) is 11.9. The smallest absolute Gasteiger partial charge is 0.244 e. The molecule has 2 rings (SSSR count). The Morgan fingerprint density at radius 2 is 1.71 bits per heavy atom. The van der Waals surface area contributed by atoms with Gasteiger partial charge in [0.25, 0.3) is 0 Å². The number of unbranched alkanes of at least 4 members (excludes halogenated alkanes) is 1. The molecular formula is C26H37N3O5S. The molecule has 0 aliphatic heterocycles. The summed E-state index contributed by atoms with van der Waals surface area (Å²) in [7, 11) is -2.38. The number of carbonyl (C=O) groups is 2. The van der Waals surface area contributed by atoms with E-state index in [1.807, 2.05) is 45.0 Å². The quantitative estimate of drug-likeness (QED) is 0.422. The maximum absolute atomic E-state index is 13.7. The normalized spacial score (nSPS) is 12.0. The minimum absolute atomic E-state index is 0.183. The molecular weight excluding hydrogens is 466 g/mol. The summed E-state index contributed by atoms with van der Waals surface area (Å²) in [6, 6.07) is 13.6. The summed E-state index contributed by atoms with van der Waals surface area (Å²) in [5.74, 6) is -0.385. The highest BCUT2D eigenvalue weighted by Gasteiger charge is 2.32. The highest BCUT2D eigenvalue weighted by molar-refractivity contribution is 7.92. The average molecular weight is 504 g/mol. The van der Waals surface area contributed by atoms with Crippen LogP contribution in [0.5, 0.6) is 5.75 Å². The third-order valence-electron chi connectivity index (χ3n) is 5.72. The van der Waals surface area contributed by atoms with Gasteiger partial charge >= 0.3 is 0 Å². The van der Waals surface area contributed by atoms with Crippen LogP contribution >= 0.6 is 0 Å². The number of hydrogen-bond donors (Lipinski definition) is 1. The fraction of sp³-hybridized carbons (Fsp3) is 0.462. The highest BCUT2D eigenvalue weighted by Crippen LogP contribution is 2.29. The van der Waals surface area contributed by atoms with E-state index < -0.39 is 28.5 Å². The Balaban J connectivity index is 2.43. The molecule has 0 saturated carbocycles. The monoisotopic (exact) mass is 503 g/mol. The Bertz CT molecular complexity index is 1090. The van der Waals surface area contributed by atoms with Crippen molar-refractivity contribution in [2.24, 2.45) is 0 Å². The fourth-order valence-electron chi connectivity index (χ4n) is 3.75. The zero-order valence-electron chi connectivity index (χ0n) is 21.3. The van der Waals surface area contributed by atoms with E-state index in [1.165, 1.54) is 12.0 Å². The van der Waals surface area contributed by atoms with E-state index in [4.69, 9.17) is 4.74 Å². The Morgan fingerprint density at radius 1 is 1.06 bits per heavy atom. The lowest BCUT2D eigenvalue weighted by Gasteiger charge is -2.33. The number of para-hydroxylation sites is 2. The van der Waals surface area contributed by atoms with Gasteiger partial charge in [0, 0.05) is 13.1 Å². The van der Waals surface area contributed by atoms with Crippen molar-refractivity contribution in [1.29, 1.82) is 0 Å². The number of amides is 2. The number of methoxy groups -OCH3 is 1. The van der Waals surface area contributed by atoms with Crippen molar-refractivity contribution in [3.05, 3.63) is 59.7 Å². The summed E-state index contributed by atoms with van der Waals surface area (Å²) in [6.07, 6.45) is 3.21. The van der Waals surface area contributed by atoms with Crippen LogP contribution in [-0.4, -0.2) is 57.6 Å². The highest BCUT2D eigenvalue weighted by atomic mass is 32.2. The van der Waals surface area contributed by atoms with Crippen molar-refractivity contribution < 1.29 is 22.7 Å². The van der Waals surface area contributed by atoms with Crippen molar-refractivity contribution in [2.45, 2.75) is 52.6 Å². The molecule has 0 aromatic heterocycles. The zero-order chi connectivity index (χ0) is 26.0. The molecule has 0 fully saturated rings. The number of hydrogen-bond acceptors (Lipinski definition) is 5. The summed E-state index contributed by atoms with van der Waals surface area (Å²) in [5.41, 5.74) is 2.20. The van der Waals surface area contributed by atoms with Crippen LogP contribution in [0.15, 0.2) is 48.5 Å². The van der Waals surface area contributed by atoms with Crippen molar-refractivity contribution in [3.8, 4) is 5.75 Å². The average Bonchev–Trinajstić information content (AvgIpc) is 2.83.